The van der Waals surface area contributed by atoms with Gasteiger partial charge in [0.05, 0.1) is 16.8 Å². The number of non-ortho nitro benzene ring substituents is 1. The number of nitrogens with one attached hydrogen (secondary N) is 2. The van der Waals surface area contributed by atoms with Crippen molar-refractivity contribution in [3.63, 3.8) is 0 Å². The molecule has 106 valence electrons. The van der Waals surface area contributed by atoms with Crippen LogP contribution in [0.15, 0.2) is 35.5 Å². The maximum atomic E-state index is 12.0. The maximum Gasteiger partial charge on any atom is 0.271 e. The second-order valence-corrected chi connectivity index (χ2v) is 5.65. The van der Waals surface area contributed by atoms with Crippen molar-refractivity contribution in [1.29, 1.82) is 0 Å². The Morgan fingerprint density at radius 2 is 2.20 bits per heavy atom. The molecular weight excluding hydrogens is 286 g/mol. The van der Waals surface area contributed by atoms with E-state index >= 15 is 0 Å². The summed E-state index contributed by atoms with van der Waals surface area (Å²) in [5.74, 6) is 0. The van der Waals surface area contributed by atoms with Gasteiger partial charge in [-0.05, 0) is 6.07 Å². The molecule has 10 heteroatoms. The van der Waals surface area contributed by atoms with Crippen LogP contribution in [0.1, 0.15) is 5.56 Å². The number of sulfonamides is 1. The van der Waals surface area contributed by atoms with Gasteiger partial charge in [0.15, 0.2) is 0 Å². The number of nitrogen functional groups attached to an aromatic ring is 1. The summed E-state index contributed by atoms with van der Waals surface area (Å²) < 4.78 is 26.4. The Labute approximate surface area is 114 Å². The summed E-state index contributed by atoms with van der Waals surface area (Å²) in [5.41, 5.74) is 5.75. The lowest BCUT2D eigenvalue weighted by Crippen LogP contribution is -2.24. The second kappa shape index (κ2) is 5.27. The van der Waals surface area contributed by atoms with Crippen LogP contribution in [-0.4, -0.2) is 23.5 Å². The van der Waals surface area contributed by atoms with Gasteiger partial charge in [-0.2, -0.15) is 5.10 Å². The van der Waals surface area contributed by atoms with Crippen LogP contribution in [-0.2, 0) is 16.6 Å². The number of nitrogens with two attached hydrogens (primary N) is 1. The van der Waals surface area contributed by atoms with Crippen molar-refractivity contribution in [1.82, 2.24) is 14.9 Å². The van der Waals surface area contributed by atoms with Gasteiger partial charge >= 0.3 is 0 Å². The summed E-state index contributed by atoms with van der Waals surface area (Å²) >= 11 is 0. The van der Waals surface area contributed by atoms with E-state index in [1.807, 2.05) is 0 Å². The molecule has 1 heterocycles. The first-order valence-electron chi connectivity index (χ1n) is 5.41. The zero-order valence-electron chi connectivity index (χ0n) is 10.1. The van der Waals surface area contributed by atoms with E-state index in [0.717, 1.165) is 18.2 Å². The van der Waals surface area contributed by atoms with Gasteiger partial charge in [0.25, 0.3) is 5.69 Å². The normalized spacial score (nSPS) is 11.4. The quantitative estimate of drug-likeness (QED) is 0.413. The molecule has 2 aromatic rings. The highest BCUT2D eigenvalue weighted by Crippen LogP contribution is 2.23. The van der Waals surface area contributed by atoms with E-state index in [4.69, 9.17) is 5.73 Å². The van der Waals surface area contributed by atoms with E-state index in [9.17, 15) is 18.5 Å². The number of nitro benzene ring substituents is 1. The largest absolute Gasteiger partial charge is 0.397 e. The molecule has 0 radical (unpaired) electrons. The predicted molar refractivity (Wildman–Crippen MR) is 70.1 cm³/mol. The van der Waals surface area contributed by atoms with Gasteiger partial charge in [0, 0.05) is 30.4 Å². The number of nitrogens with zero attached hydrogens (tertiary/aromatic N) is 2. The van der Waals surface area contributed by atoms with Crippen LogP contribution in [0.3, 0.4) is 0 Å². The van der Waals surface area contributed by atoms with Crippen LogP contribution in [0, 0.1) is 10.1 Å². The third kappa shape index (κ3) is 2.92. The lowest BCUT2D eigenvalue weighted by molar-refractivity contribution is -0.384. The van der Waals surface area contributed by atoms with Gasteiger partial charge in [-0.3, -0.25) is 15.2 Å². The molecule has 9 nitrogen and oxygen atoms in total. The summed E-state index contributed by atoms with van der Waals surface area (Å²) in [7, 11) is -3.85. The fourth-order valence-electron chi connectivity index (χ4n) is 1.52. The van der Waals surface area contributed by atoms with E-state index < -0.39 is 14.9 Å². The Morgan fingerprint density at radius 1 is 1.45 bits per heavy atom. The zero-order valence-corrected chi connectivity index (χ0v) is 10.9. The first kappa shape index (κ1) is 14.0. The molecule has 4 N–H and O–H groups in total. The Hall–Kier alpha value is -2.46. The number of anilines is 1. The van der Waals surface area contributed by atoms with Gasteiger partial charge in [-0.1, -0.05) is 0 Å². The fraction of sp³-hybridized carbons (Fsp3) is 0.100. The van der Waals surface area contributed by atoms with Gasteiger partial charge in [-0.25, -0.2) is 13.1 Å². The average molecular weight is 297 g/mol. The lowest BCUT2D eigenvalue weighted by Gasteiger charge is -2.08. The number of rotatable bonds is 5. The number of hydrogen-bond acceptors (Lipinski definition) is 6. The topological polar surface area (TPSA) is 144 Å². The number of aromatic nitrogens is 2. The van der Waals surface area contributed by atoms with E-state index in [0.29, 0.717) is 5.56 Å². The number of aromatic amines is 1. The molecule has 0 saturated heterocycles. The first-order valence-corrected chi connectivity index (χ1v) is 6.90. The SMILES string of the molecule is Nc1cc([N+](=O)[O-])ccc1S(=O)(=O)NCc1cn[nH]c1. The van der Waals surface area contributed by atoms with Crippen LogP contribution < -0.4 is 10.5 Å². The highest BCUT2D eigenvalue weighted by molar-refractivity contribution is 7.89. The van der Waals surface area contributed by atoms with E-state index in [2.05, 4.69) is 14.9 Å². The van der Waals surface area contributed by atoms with Crippen molar-refractivity contribution in [3.8, 4) is 0 Å². The molecule has 20 heavy (non-hydrogen) atoms. The molecule has 0 aliphatic carbocycles. The molecule has 0 amide bonds. The van der Waals surface area contributed by atoms with Gasteiger partial charge < -0.3 is 5.73 Å². The molecule has 0 aliphatic heterocycles. The van der Waals surface area contributed by atoms with Crippen molar-refractivity contribution < 1.29 is 13.3 Å². The van der Waals surface area contributed by atoms with Crippen molar-refractivity contribution in [2.75, 3.05) is 5.73 Å². The lowest BCUT2D eigenvalue weighted by atomic mass is 10.3. The summed E-state index contributed by atoms with van der Waals surface area (Å²) in [6.07, 6.45) is 3.02. The van der Waals surface area contributed by atoms with Crippen LogP contribution in [0.25, 0.3) is 0 Å². The van der Waals surface area contributed by atoms with Crippen molar-refractivity contribution in [2.45, 2.75) is 11.4 Å². The third-order valence-corrected chi connectivity index (χ3v) is 3.99. The first-order chi connectivity index (χ1) is 9.40. The van der Waals surface area contributed by atoms with Gasteiger partial charge in [0.1, 0.15) is 4.90 Å². The van der Waals surface area contributed by atoms with Crippen LogP contribution in [0.4, 0.5) is 11.4 Å². The molecule has 1 aromatic carbocycles. The molecule has 0 saturated carbocycles. The average Bonchev–Trinajstić information content (AvgIpc) is 2.89. The van der Waals surface area contributed by atoms with E-state index in [-0.39, 0.29) is 22.8 Å². The minimum atomic E-state index is -3.85. The Balaban J connectivity index is 2.23. The predicted octanol–water partition coefficient (Wildman–Crippen LogP) is 0.379. The van der Waals surface area contributed by atoms with E-state index in [1.54, 1.807) is 6.20 Å². The minimum Gasteiger partial charge on any atom is -0.397 e. The number of H-pyrrole nitrogens is 1. The molecule has 0 bridgehead atoms. The highest BCUT2D eigenvalue weighted by atomic mass is 32.2. The Kier molecular flexibility index (Phi) is 3.68. The molecule has 0 fully saturated rings. The van der Waals surface area contributed by atoms with E-state index in [1.165, 1.54) is 6.20 Å². The Bertz CT molecular complexity index is 726. The molecule has 0 unspecified atom stereocenters. The molecule has 2 rings (SSSR count). The van der Waals surface area contributed by atoms with Crippen molar-refractivity contribution in [2.24, 2.45) is 0 Å². The standard InChI is InChI=1S/C10H11N5O4S/c11-9-3-8(15(16)17)1-2-10(9)20(18,19)14-6-7-4-12-13-5-7/h1-5,14H,6,11H2,(H,12,13). The van der Waals surface area contributed by atoms with Crippen LogP contribution in [0.5, 0.6) is 0 Å². The molecule has 0 aliphatic rings. The molecule has 0 atom stereocenters. The fourth-order valence-corrected chi connectivity index (χ4v) is 2.65. The second-order valence-electron chi connectivity index (χ2n) is 3.91. The van der Waals surface area contributed by atoms with Crippen molar-refractivity contribution in [3.05, 3.63) is 46.3 Å². The molecule has 1 aromatic heterocycles. The van der Waals surface area contributed by atoms with Crippen LogP contribution in [0.2, 0.25) is 0 Å². The van der Waals surface area contributed by atoms with Gasteiger partial charge in [0.2, 0.25) is 10.0 Å². The van der Waals surface area contributed by atoms with Crippen LogP contribution >= 0.6 is 0 Å². The van der Waals surface area contributed by atoms with Gasteiger partial charge in [-0.15, -0.1) is 0 Å². The molecular formula is C10H11N5O4S. The summed E-state index contributed by atoms with van der Waals surface area (Å²) in [5, 5.41) is 16.8. The third-order valence-electron chi connectivity index (χ3n) is 2.51. The number of hydrogen-bond donors (Lipinski definition) is 3. The number of benzene rings is 1. The molecule has 0 spiro atoms. The Morgan fingerprint density at radius 3 is 2.75 bits per heavy atom. The van der Waals surface area contributed by atoms with Crippen molar-refractivity contribution >= 4 is 21.4 Å². The summed E-state index contributed by atoms with van der Waals surface area (Å²) in [6.45, 7) is 0.0370. The monoisotopic (exact) mass is 297 g/mol. The summed E-state index contributed by atoms with van der Waals surface area (Å²) in [6, 6.07) is 3.19. The highest BCUT2D eigenvalue weighted by Gasteiger charge is 2.19. The minimum absolute atomic E-state index is 0.0370. The maximum absolute atomic E-state index is 12.0. The summed E-state index contributed by atoms with van der Waals surface area (Å²) in [4.78, 5) is 9.72. The smallest absolute Gasteiger partial charge is 0.271 e. The zero-order chi connectivity index (χ0) is 14.8. The number of nitro groups is 1.